The van der Waals surface area contributed by atoms with Crippen LogP contribution in [0.5, 0.6) is 0 Å². The third kappa shape index (κ3) is 2.84. The van der Waals surface area contributed by atoms with E-state index in [4.69, 9.17) is 5.11 Å². The van der Waals surface area contributed by atoms with Crippen molar-refractivity contribution < 1.29 is 14.7 Å². The Morgan fingerprint density at radius 1 is 1.25 bits per heavy atom. The predicted molar refractivity (Wildman–Crippen MR) is 61.0 cm³/mol. The van der Waals surface area contributed by atoms with Crippen LogP contribution >= 0.6 is 0 Å². The Kier molecular flexibility index (Phi) is 3.73. The number of nitrogens with one attached hydrogen (secondary N) is 1. The van der Waals surface area contributed by atoms with Gasteiger partial charge in [0.15, 0.2) is 0 Å². The van der Waals surface area contributed by atoms with Crippen molar-refractivity contribution in [1.29, 1.82) is 0 Å². The SMILES string of the molecule is CC(C(=O)O)=C(C)C(=O)NCC1(C)CCC1. The fourth-order valence-electron chi connectivity index (χ4n) is 1.71. The summed E-state index contributed by atoms with van der Waals surface area (Å²) in [6.45, 7) is 5.76. The number of carbonyl (C=O) groups excluding carboxylic acids is 1. The van der Waals surface area contributed by atoms with Crippen LogP contribution in [0, 0.1) is 5.41 Å². The predicted octanol–water partition coefficient (Wildman–Crippen LogP) is 1.71. The van der Waals surface area contributed by atoms with Crippen molar-refractivity contribution in [2.45, 2.75) is 40.0 Å². The summed E-state index contributed by atoms with van der Waals surface area (Å²) in [6.07, 6.45) is 3.48. The van der Waals surface area contributed by atoms with Gasteiger partial charge in [0.1, 0.15) is 0 Å². The van der Waals surface area contributed by atoms with Crippen molar-refractivity contribution in [3.8, 4) is 0 Å². The topological polar surface area (TPSA) is 66.4 Å². The number of carbonyl (C=O) groups is 2. The van der Waals surface area contributed by atoms with Crippen molar-refractivity contribution in [2.75, 3.05) is 6.54 Å². The standard InChI is InChI=1S/C12H19NO3/c1-8(9(2)11(15)16)10(14)13-7-12(3)5-4-6-12/h4-7H2,1-3H3,(H,13,14)(H,15,16). The van der Waals surface area contributed by atoms with Crippen LogP contribution in [-0.4, -0.2) is 23.5 Å². The van der Waals surface area contributed by atoms with E-state index in [0.29, 0.717) is 6.54 Å². The van der Waals surface area contributed by atoms with Gasteiger partial charge in [0.25, 0.3) is 0 Å². The zero-order valence-corrected chi connectivity index (χ0v) is 10.1. The third-order valence-corrected chi connectivity index (χ3v) is 3.46. The highest BCUT2D eigenvalue weighted by molar-refractivity contribution is 6.01. The van der Waals surface area contributed by atoms with Crippen molar-refractivity contribution in [3.05, 3.63) is 11.1 Å². The molecular weight excluding hydrogens is 206 g/mol. The van der Waals surface area contributed by atoms with Gasteiger partial charge in [-0.25, -0.2) is 4.79 Å². The highest BCUT2D eigenvalue weighted by Crippen LogP contribution is 2.39. The van der Waals surface area contributed by atoms with E-state index in [0.717, 1.165) is 12.8 Å². The second-order valence-electron chi connectivity index (χ2n) is 4.90. The van der Waals surface area contributed by atoms with Crippen LogP contribution in [0.3, 0.4) is 0 Å². The van der Waals surface area contributed by atoms with E-state index in [2.05, 4.69) is 12.2 Å². The quantitative estimate of drug-likeness (QED) is 0.716. The first-order chi connectivity index (χ1) is 7.36. The molecule has 4 heteroatoms. The van der Waals surface area contributed by atoms with Gasteiger partial charge in [0, 0.05) is 17.7 Å². The monoisotopic (exact) mass is 225 g/mol. The van der Waals surface area contributed by atoms with E-state index < -0.39 is 5.97 Å². The second-order valence-corrected chi connectivity index (χ2v) is 4.90. The molecule has 16 heavy (non-hydrogen) atoms. The lowest BCUT2D eigenvalue weighted by Crippen LogP contribution is -2.40. The fourth-order valence-corrected chi connectivity index (χ4v) is 1.71. The van der Waals surface area contributed by atoms with Gasteiger partial charge in [-0.1, -0.05) is 13.3 Å². The van der Waals surface area contributed by atoms with Crippen molar-refractivity contribution in [1.82, 2.24) is 5.32 Å². The summed E-state index contributed by atoms with van der Waals surface area (Å²) in [5.41, 5.74) is 0.610. The van der Waals surface area contributed by atoms with Crippen LogP contribution in [0.15, 0.2) is 11.1 Å². The molecule has 0 aromatic carbocycles. The van der Waals surface area contributed by atoms with E-state index in [-0.39, 0.29) is 22.5 Å². The van der Waals surface area contributed by atoms with E-state index in [9.17, 15) is 9.59 Å². The Labute approximate surface area is 95.7 Å². The molecule has 1 saturated carbocycles. The fraction of sp³-hybridized carbons (Fsp3) is 0.667. The molecule has 1 fully saturated rings. The summed E-state index contributed by atoms with van der Waals surface area (Å²) in [5.74, 6) is -1.31. The van der Waals surface area contributed by atoms with Gasteiger partial charge in [0.2, 0.25) is 5.91 Å². The average molecular weight is 225 g/mol. The lowest BCUT2D eigenvalue weighted by atomic mass is 9.70. The lowest BCUT2D eigenvalue weighted by Gasteiger charge is -2.38. The van der Waals surface area contributed by atoms with E-state index >= 15 is 0 Å². The number of hydrogen-bond acceptors (Lipinski definition) is 2. The first kappa shape index (κ1) is 12.7. The minimum Gasteiger partial charge on any atom is -0.478 e. The van der Waals surface area contributed by atoms with Crippen molar-refractivity contribution >= 4 is 11.9 Å². The van der Waals surface area contributed by atoms with Gasteiger partial charge in [-0.15, -0.1) is 0 Å². The van der Waals surface area contributed by atoms with Crippen molar-refractivity contribution in [2.24, 2.45) is 5.41 Å². The maximum Gasteiger partial charge on any atom is 0.331 e. The second kappa shape index (κ2) is 4.68. The smallest absolute Gasteiger partial charge is 0.331 e. The summed E-state index contributed by atoms with van der Waals surface area (Å²) < 4.78 is 0. The molecule has 0 atom stereocenters. The minimum absolute atomic E-state index is 0.108. The van der Waals surface area contributed by atoms with Gasteiger partial charge >= 0.3 is 5.97 Å². The Morgan fingerprint density at radius 3 is 2.19 bits per heavy atom. The van der Waals surface area contributed by atoms with E-state index in [1.54, 1.807) is 6.92 Å². The van der Waals surface area contributed by atoms with Gasteiger partial charge in [-0.05, 0) is 32.1 Å². The Bertz CT molecular complexity index is 340. The van der Waals surface area contributed by atoms with Crippen LogP contribution in [0.4, 0.5) is 0 Å². The largest absolute Gasteiger partial charge is 0.478 e. The molecule has 90 valence electrons. The number of hydrogen-bond donors (Lipinski definition) is 2. The van der Waals surface area contributed by atoms with Gasteiger partial charge in [0.05, 0.1) is 0 Å². The molecule has 0 heterocycles. The minimum atomic E-state index is -1.04. The summed E-state index contributed by atoms with van der Waals surface area (Å²) in [6, 6.07) is 0. The maximum atomic E-state index is 11.6. The van der Waals surface area contributed by atoms with Crippen LogP contribution < -0.4 is 5.32 Å². The normalized spacial score (nSPS) is 19.4. The first-order valence-electron chi connectivity index (χ1n) is 5.55. The van der Waals surface area contributed by atoms with E-state index in [1.807, 2.05) is 0 Å². The molecule has 2 N–H and O–H groups in total. The highest BCUT2D eigenvalue weighted by Gasteiger charge is 2.32. The molecule has 1 aliphatic carbocycles. The van der Waals surface area contributed by atoms with Gasteiger partial charge in [-0.2, -0.15) is 0 Å². The number of carboxylic acids is 1. The molecule has 1 rings (SSSR count). The Balaban J connectivity index is 2.52. The molecule has 0 aliphatic heterocycles. The summed E-state index contributed by atoms with van der Waals surface area (Å²) >= 11 is 0. The van der Waals surface area contributed by atoms with Crippen LogP contribution in [0.1, 0.15) is 40.0 Å². The van der Waals surface area contributed by atoms with Gasteiger partial charge < -0.3 is 10.4 Å². The molecule has 1 aliphatic rings. The lowest BCUT2D eigenvalue weighted by molar-refractivity contribution is -0.133. The Hall–Kier alpha value is -1.32. The van der Waals surface area contributed by atoms with Crippen LogP contribution in [0.25, 0.3) is 0 Å². The van der Waals surface area contributed by atoms with E-state index in [1.165, 1.54) is 13.3 Å². The molecule has 1 amide bonds. The molecule has 4 nitrogen and oxygen atoms in total. The third-order valence-electron chi connectivity index (χ3n) is 3.46. The number of carboxylic acid groups (broad SMARTS) is 1. The number of aliphatic carboxylic acids is 1. The molecule has 0 radical (unpaired) electrons. The first-order valence-corrected chi connectivity index (χ1v) is 5.55. The van der Waals surface area contributed by atoms with Gasteiger partial charge in [-0.3, -0.25) is 4.79 Å². The average Bonchev–Trinajstić information content (AvgIpc) is 2.20. The molecule has 0 unspecified atom stereocenters. The molecule has 0 spiro atoms. The number of amides is 1. The maximum absolute atomic E-state index is 11.6. The summed E-state index contributed by atoms with van der Waals surface area (Å²) in [4.78, 5) is 22.3. The molecule has 0 bridgehead atoms. The van der Waals surface area contributed by atoms with Crippen molar-refractivity contribution in [3.63, 3.8) is 0 Å². The molecule has 0 aromatic heterocycles. The molecule has 0 saturated heterocycles. The molecule has 0 aromatic rings. The van der Waals surface area contributed by atoms with Crippen LogP contribution in [0.2, 0.25) is 0 Å². The zero-order chi connectivity index (χ0) is 12.3. The molecular formula is C12H19NO3. The summed E-state index contributed by atoms with van der Waals surface area (Å²) in [5, 5.41) is 11.5. The van der Waals surface area contributed by atoms with Crippen LogP contribution in [-0.2, 0) is 9.59 Å². The highest BCUT2D eigenvalue weighted by atomic mass is 16.4. The Morgan fingerprint density at radius 2 is 1.81 bits per heavy atom. The summed E-state index contributed by atoms with van der Waals surface area (Å²) in [7, 11) is 0. The number of rotatable bonds is 4. The zero-order valence-electron chi connectivity index (χ0n) is 10.1.